The van der Waals surface area contributed by atoms with Gasteiger partial charge in [0.25, 0.3) is 0 Å². The third kappa shape index (κ3) is 2.47. The molecule has 0 spiro atoms. The number of aryl methyl sites for hydroxylation is 1. The molecule has 1 aromatic rings. The highest BCUT2D eigenvalue weighted by Gasteiger charge is 2.02. The largest absolute Gasteiger partial charge is 0.332 e. The minimum Gasteiger partial charge on any atom is -0.332 e. The summed E-state index contributed by atoms with van der Waals surface area (Å²) in [6.45, 7) is 6.42. The highest BCUT2D eigenvalue weighted by Crippen LogP contribution is 2.10. The lowest BCUT2D eigenvalue weighted by molar-refractivity contribution is 0.518. The van der Waals surface area contributed by atoms with Gasteiger partial charge in [0.15, 0.2) is 0 Å². The van der Waals surface area contributed by atoms with Crippen LogP contribution in [0.1, 0.15) is 32.1 Å². The molecule has 0 bridgehead atoms. The van der Waals surface area contributed by atoms with Gasteiger partial charge in [-0.05, 0) is 20.3 Å². The van der Waals surface area contributed by atoms with E-state index in [0.29, 0.717) is 6.04 Å². The Hall–Kier alpha value is -0.0600. The van der Waals surface area contributed by atoms with Crippen LogP contribution in [0.5, 0.6) is 0 Å². The van der Waals surface area contributed by atoms with Gasteiger partial charge in [-0.2, -0.15) is 0 Å². The first-order valence-electron chi connectivity index (χ1n) is 3.75. The van der Waals surface area contributed by atoms with Gasteiger partial charge in [0.2, 0.25) is 0 Å². The lowest BCUT2D eigenvalue weighted by atomic mass is 10.2. The normalized spacial score (nSPS) is 12.3. The SMILES string of the molecule is CCC(C)n1ccnc1C.I. The third-order valence-corrected chi connectivity index (χ3v) is 1.93. The molecule has 0 N–H and O–H groups in total. The van der Waals surface area contributed by atoms with Crippen molar-refractivity contribution in [3.05, 3.63) is 18.2 Å². The average molecular weight is 266 g/mol. The van der Waals surface area contributed by atoms with Crippen LogP contribution in [0.25, 0.3) is 0 Å². The van der Waals surface area contributed by atoms with Crippen LogP contribution in [0.2, 0.25) is 0 Å². The van der Waals surface area contributed by atoms with Gasteiger partial charge in [0.1, 0.15) is 5.82 Å². The van der Waals surface area contributed by atoms with Gasteiger partial charge in [-0.3, -0.25) is 0 Å². The zero-order valence-corrected chi connectivity index (χ0v) is 9.57. The van der Waals surface area contributed by atoms with Crippen molar-refractivity contribution >= 4 is 24.0 Å². The van der Waals surface area contributed by atoms with Crippen molar-refractivity contribution in [2.45, 2.75) is 33.2 Å². The van der Waals surface area contributed by atoms with Crippen molar-refractivity contribution in [3.8, 4) is 0 Å². The molecule has 2 nitrogen and oxygen atoms in total. The molecule has 1 heterocycles. The van der Waals surface area contributed by atoms with Crippen molar-refractivity contribution in [2.75, 3.05) is 0 Å². The minimum absolute atomic E-state index is 0. The van der Waals surface area contributed by atoms with Crippen molar-refractivity contribution in [1.29, 1.82) is 0 Å². The fraction of sp³-hybridized carbons (Fsp3) is 0.625. The molecule has 0 aliphatic rings. The van der Waals surface area contributed by atoms with E-state index in [1.165, 1.54) is 0 Å². The Labute approximate surface area is 85.0 Å². The quantitative estimate of drug-likeness (QED) is 0.752. The maximum Gasteiger partial charge on any atom is 0.105 e. The van der Waals surface area contributed by atoms with Crippen LogP contribution < -0.4 is 0 Å². The molecule has 0 aliphatic heterocycles. The molecule has 1 aromatic heterocycles. The smallest absolute Gasteiger partial charge is 0.105 e. The second-order valence-electron chi connectivity index (χ2n) is 2.64. The van der Waals surface area contributed by atoms with Gasteiger partial charge in [-0.25, -0.2) is 4.98 Å². The Morgan fingerprint density at radius 3 is 2.64 bits per heavy atom. The number of rotatable bonds is 2. The predicted octanol–water partition coefficient (Wildman–Crippen LogP) is 2.78. The summed E-state index contributed by atoms with van der Waals surface area (Å²) in [5.74, 6) is 1.11. The molecule has 0 radical (unpaired) electrons. The number of aromatic nitrogens is 2. The number of halogens is 1. The zero-order valence-electron chi connectivity index (χ0n) is 7.24. The van der Waals surface area contributed by atoms with Crippen molar-refractivity contribution in [3.63, 3.8) is 0 Å². The molecule has 0 fully saturated rings. The average Bonchev–Trinajstić information content (AvgIpc) is 2.34. The van der Waals surface area contributed by atoms with Crippen molar-refractivity contribution < 1.29 is 0 Å². The first-order valence-corrected chi connectivity index (χ1v) is 3.75. The Balaban J connectivity index is 0.000001000. The van der Waals surface area contributed by atoms with Crippen LogP contribution in [0, 0.1) is 6.92 Å². The van der Waals surface area contributed by atoms with Crippen LogP contribution in [-0.2, 0) is 0 Å². The summed E-state index contributed by atoms with van der Waals surface area (Å²) < 4.78 is 2.19. The summed E-state index contributed by atoms with van der Waals surface area (Å²) in [7, 11) is 0. The molecule has 0 saturated carbocycles. The van der Waals surface area contributed by atoms with E-state index in [1.54, 1.807) is 0 Å². The van der Waals surface area contributed by atoms with E-state index >= 15 is 0 Å². The molecule has 1 rings (SSSR count). The molecule has 64 valence electrons. The van der Waals surface area contributed by atoms with Gasteiger partial charge in [-0.15, -0.1) is 24.0 Å². The molecule has 3 heteroatoms. The fourth-order valence-electron chi connectivity index (χ4n) is 1.05. The summed E-state index contributed by atoms with van der Waals surface area (Å²) in [5.41, 5.74) is 0. The number of hydrogen-bond acceptors (Lipinski definition) is 1. The number of nitrogens with zero attached hydrogens (tertiary/aromatic N) is 2. The van der Waals surface area contributed by atoms with Gasteiger partial charge < -0.3 is 4.57 Å². The maximum atomic E-state index is 4.15. The van der Waals surface area contributed by atoms with Crippen LogP contribution in [0.3, 0.4) is 0 Å². The first kappa shape index (κ1) is 10.9. The van der Waals surface area contributed by atoms with Crippen LogP contribution in [-0.4, -0.2) is 9.55 Å². The lowest BCUT2D eigenvalue weighted by Crippen LogP contribution is -2.03. The molecule has 1 atom stereocenters. The van der Waals surface area contributed by atoms with Crippen LogP contribution >= 0.6 is 24.0 Å². The zero-order chi connectivity index (χ0) is 7.56. The number of hydrogen-bond donors (Lipinski definition) is 0. The summed E-state index contributed by atoms with van der Waals surface area (Å²) in [5, 5.41) is 0. The standard InChI is InChI=1S/C8H14N2.HI/c1-4-7(2)10-6-5-9-8(10)3;/h5-7H,4H2,1-3H3;1H. The maximum absolute atomic E-state index is 4.15. The Kier molecular flexibility index (Phi) is 4.72. The van der Waals surface area contributed by atoms with E-state index in [0.717, 1.165) is 12.2 Å². The van der Waals surface area contributed by atoms with Gasteiger partial charge in [-0.1, -0.05) is 6.92 Å². The summed E-state index contributed by atoms with van der Waals surface area (Å²) >= 11 is 0. The van der Waals surface area contributed by atoms with Crippen LogP contribution in [0.15, 0.2) is 12.4 Å². The van der Waals surface area contributed by atoms with Gasteiger partial charge in [0.05, 0.1) is 0 Å². The van der Waals surface area contributed by atoms with E-state index in [-0.39, 0.29) is 24.0 Å². The molecule has 0 amide bonds. The summed E-state index contributed by atoms with van der Waals surface area (Å²) in [6.07, 6.45) is 5.04. The molecule has 0 aliphatic carbocycles. The highest BCUT2D eigenvalue weighted by molar-refractivity contribution is 14.0. The minimum atomic E-state index is 0. The number of imidazole rings is 1. The van der Waals surface area contributed by atoms with E-state index in [4.69, 9.17) is 0 Å². The summed E-state index contributed by atoms with van der Waals surface area (Å²) in [6, 6.07) is 0.586. The molecular formula is C8H15IN2. The fourth-order valence-corrected chi connectivity index (χ4v) is 1.05. The second kappa shape index (κ2) is 4.74. The molecular weight excluding hydrogens is 251 g/mol. The Morgan fingerprint density at radius 1 is 1.64 bits per heavy atom. The van der Waals surface area contributed by atoms with Gasteiger partial charge >= 0.3 is 0 Å². The second-order valence-corrected chi connectivity index (χ2v) is 2.64. The van der Waals surface area contributed by atoms with Crippen molar-refractivity contribution in [1.82, 2.24) is 9.55 Å². The molecule has 1 unspecified atom stereocenters. The monoisotopic (exact) mass is 266 g/mol. The molecule has 11 heavy (non-hydrogen) atoms. The first-order chi connectivity index (χ1) is 4.75. The van der Waals surface area contributed by atoms with E-state index in [1.807, 2.05) is 19.3 Å². The lowest BCUT2D eigenvalue weighted by Gasteiger charge is -2.11. The summed E-state index contributed by atoms with van der Waals surface area (Å²) in [4.78, 5) is 4.15. The predicted molar refractivity (Wildman–Crippen MR) is 57.4 cm³/mol. The van der Waals surface area contributed by atoms with E-state index in [9.17, 15) is 0 Å². The van der Waals surface area contributed by atoms with E-state index < -0.39 is 0 Å². The Morgan fingerprint density at radius 2 is 2.27 bits per heavy atom. The van der Waals surface area contributed by atoms with Gasteiger partial charge in [0, 0.05) is 18.4 Å². The van der Waals surface area contributed by atoms with Crippen molar-refractivity contribution in [2.24, 2.45) is 0 Å². The molecule has 0 aromatic carbocycles. The topological polar surface area (TPSA) is 17.8 Å². The highest BCUT2D eigenvalue weighted by atomic mass is 127. The Bertz CT molecular complexity index is 208. The molecule has 0 saturated heterocycles. The van der Waals surface area contributed by atoms with E-state index in [2.05, 4.69) is 23.4 Å². The third-order valence-electron chi connectivity index (χ3n) is 1.93. The van der Waals surface area contributed by atoms with Crippen LogP contribution in [0.4, 0.5) is 0 Å².